The zero-order chi connectivity index (χ0) is 18.1. The quantitative estimate of drug-likeness (QED) is 0.487. The van der Waals surface area contributed by atoms with Crippen molar-refractivity contribution in [2.24, 2.45) is 5.92 Å². The highest BCUT2D eigenvalue weighted by Gasteiger charge is 2.36. The van der Waals surface area contributed by atoms with Crippen LogP contribution in [0.15, 0.2) is 12.1 Å². The van der Waals surface area contributed by atoms with Crippen molar-refractivity contribution in [1.82, 2.24) is 0 Å². The van der Waals surface area contributed by atoms with Gasteiger partial charge in [-0.1, -0.05) is 33.2 Å². The number of benzene rings is 1. The second kappa shape index (κ2) is 6.78. The van der Waals surface area contributed by atoms with Gasteiger partial charge < -0.3 is 24.2 Å². The number of rotatable bonds is 4. The molecule has 7 nitrogen and oxygen atoms in total. The van der Waals surface area contributed by atoms with Crippen LogP contribution < -0.4 is 4.65 Å². The topological polar surface area (TPSA) is 102 Å². The van der Waals surface area contributed by atoms with Gasteiger partial charge in [-0.15, -0.1) is 0 Å². The number of ether oxygens (including phenoxy) is 2. The van der Waals surface area contributed by atoms with Gasteiger partial charge in [0.05, 0.1) is 11.7 Å². The van der Waals surface area contributed by atoms with Gasteiger partial charge in [0, 0.05) is 0 Å². The van der Waals surface area contributed by atoms with Crippen molar-refractivity contribution >= 4 is 18.7 Å². The molecule has 24 heavy (non-hydrogen) atoms. The molecular weight excluding hydrogens is 322 g/mol. The van der Waals surface area contributed by atoms with Crippen LogP contribution in [0.1, 0.15) is 42.6 Å². The summed E-state index contributed by atoms with van der Waals surface area (Å²) in [6.45, 7) is 1.04. The Labute approximate surface area is 138 Å². The minimum Gasteiger partial charge on any atom is -0.669 e. The molecule has 1 atom stereocenters. The van der Waals surface area contributed by atoms with E-state index in [1.165, 1.54) is 6.07 Å². The van der Waals surface area contributed by atoms with Crippen molar-refractivity contribution in [2.75, 3.05) is 6.79 Å². The Hall–Kier alpha value is -2.13. The summed E-state index contributed by atoms with van der Waals surface area (Å²) in [6.07, 6.45) is -0.0703. The first-order valence-corrected chi connectivity index (χ1v) is 7.58. The summed E-state index contributed by atoms with van der Waals surface area (Å²) in [6, 6.07) is 2.49. The van der Waals surface area contributed by atoms with Gasteiger partial charge in [0.25, 0.3) is 0 Å². The number of fused-ring (bicyclic) bond motifs is 1. The minimum absolute atomic E-state index is 0.0703. The lowest BCUT2D eigenvalue weighted by Gasteiger charge is -2.40. The van der Waals surface area contributed by atoms with Gasteiger partial charge in [0.2, 0.25) is 6.79 Å². The summed E-state index contributed by atoms with van der Waals surface area (Å²) in [5.74, 6) is -3.65. The van der Waals surface area contributed by atoms with Gasteiger partial charge in [-0.3, -0.25) is 4.79 Å². The van der Waals surface area contributed by atoms with E-state index in [0.717, 1.165) is 6.07 Å². The molecule has 1 aromatic rings. The maximum atomic E-state index is 14.1. The molecule has 2 N–H and O–H groups in total. The van der Waals surface area contributed by atoms with Crippen molar-refractivity contribution in [1.29, 1.82) is 0 Å². The van der Waals surface area contributed by atoms with Gasteiger partial charge in [-0.2, -0.15) is 0 Å². The largest absolute Gasteiger partial charge is 0.669 e. The van der Waals surface area contributed by atoms with E-state index >= 15 is 0 Å². The normalized spacial score (nSPS) is 18.5. The van der Waals surface area contributed by atoms with Crippen LogP contribution in [0.3, 0.4) is 0 Å². The zero-order valence-electron chi connectivity index (χ0n) is 13.6. The summed E-state index contributed by atoms with van der Waals surface area (Å²) >= 11 is 0. The summed E-state index contributed by atoms with van der Waals surface area (Å²) in [7, 11) is 0. The first-order chi connectivity index (χ1) is 11.1. The smallest absolute Gasteiger partial charge is 0.431 e. The van der Waals surface area contributed by atoms with E-state index < -0.39 is 42.8 Å². The monoisotopic (exact) mass is 341 g/mol. The van der Waals surface area contributed by atoms with E-state index in [9.17, 15) is 24.0 Å². The van der Waals surface area contributed by atoms with Crippen LogP contribution in [0.5, 0.6) is 5.75 Å². The van der Waals surface area contributed by atoms with Crippen molar-refractivity contribution in [3.63, 3.8) is 0 Å². The van der Waals surface area contributed by atoms with Gasteiger partial charge >= 0.3 is 18.7 Å². The summed E-state index contributed by atoms with van der Waals surface area (Å²) in [5.41, 5.74) is -0.0999. The molecule has 0 amide bonds. The molecule has 132 valence electrons. The minimum atomic E-state index is -3.20. The third-order valence-electron chi connectivity index (χ3n) is 3.70. The predicted molar refractivity (Wildman–Crippen MR) is 81.7 cm³/mol. The van der Waals surface area contributed by atoms with Crippen LogP contribution in [-0.2, 0) is 14.3 Å². The number of halogens is 1. The van der Waals surface area contributed by atoms with E-state index in [1.54, 1.807) is 20.8 Å². The lowest BCUT2D eigenvalue weighted by atomic mass is 9.65. The molecule has 2 rings (SSSR count). The summed E-state index contributed by atoms with van der Waals surface area (Å²) < 4.78 is 28.5. The highest BCUT2D eigenvalue weighted by molar-refractivity contribution is 6.59. The number of hydrogen-bond acceptors (Lipinski definition) is 7. The second-order valence-corrected chi connectivity index (χ2v) is 6.12. The van der Waals surface area contributed by atoms with Gasteiger partial charge in [0.1, 0.15) is 11.4 Å². The Bertz CT molecular complexity index is 659. The Morgan fingerprint density at radius 1 is 1.38 bits per heavy atom. The molecule has 1 aliphatic rings. The maximum Gasteiger partial charge on any atom is 0.431 e. The predicted octanol–water partition coefficient (Wildman–Crippen LogP) is 1.56. The third-order valence-corrected chi connectivity index (χ3v) is 3.70. The Balaban J connectivity index is 2.22. The fraction of sp³-hybridized carbons (Fsp3) is 0.467. The Morgan fingerprint density at radius 3 is 2.67 bits per heavy atom. The van der Waals surface area contributed by atoms with Crippen molar-refractivity contribution < 1.29 is 38.2 Å². The third kappa shape index (κ3) is 3.85. The first-order valence-electron chi connectivity index (χ1n) is 7.58. The number of hydrogen-bond donors (Lipinski definition) is 2. The zero-order valence-corrected chi connectivity index (χ0v) is 13.6. The molecular formula is C15H19BFO7-. The molecule has 0 fully saturated rings. The molecule has 0 spiro atoms. The highest BCUT2D eigenvalue weighted by Crippen LogP contribution is 2.41. The maximum absolute atomic E-state index is 14.1. The van der Waals surface area contributed by atoms with Gasteiger partial charge in [-0.05, 0) is 17.5 Å². The molecule has 1 heterocycles. The summed E-state index contributed by atoms with van der Waals surface area (Å²) in [4.78, 5) is 23.4. The lowest BCUT2D eigenvalue weighted by Crippen LogP contribution is -2.46. The summed E-state index contributed by atoms with van der Waals surface area (Å²) in [5, 5.41) is 19.5. The second-order valence-electron chi connectivity index (χ2n) is 6.12. The molecule has 0 aliphatic carbocycles. The highest BCUT2D eigenvalue weighted by atomic mass is 19.1. The molecule has 0 aromatic heterocycles. The molecule has 0 radical (unpaired) electrons. The molecule has 0 saturated carbocycles. The number of esters is 2. The molecule has 0 bridgehead atoms. The van der Waals surface area contributed by atoms with Gasteiger partial charge in [0.15, 0.2) is 0 Å². The molecule has 1 aliphatic heterocycles. The fourth-order valence-electron chi connectivity index (χ4n) is 2.48. The molecule has 1 aromatic carbocycles. The average Bonchev–Trinajstić information content (AvgIpc) is 2.45. The molecule has 9 heteroatoms. The molecule has 0 unspecified atom stereocenters. The van der Waals surface area contributed by atoms with Crippen molar-refractivity contribution in [3.05, 3.63) is 29.1 Å². The van der Waals surface area contributed by atoms with Crippen LogP contribution in [-0.4, -0.2) is 35.5 Å². The van der Waals surface area contributed by atoms with Crippen LogP contribution in [0, 0.1) is 11.7 Å². The Kier molecular flexibility index (Phi) is 5.15. The van der Waals surface area contributed by atoms with Crippen molar-refractivity contribution in [3.8, 4) is 5.75 Å². The number of carbonyl (C=O) groups excluding carboxylic acids is 2. The molecule has 0 saturated heterocycles. The van der Waals surface area contributed by atoms with Gasteiger partial charge in [-0.25, -0.2) is 9.18 Å². The first kappa shape index (κ1) is 18.2. The Morgan fingerprint density at radius 2 is 2.04 bits per heavy atom. The lowest BCUT2D eigenvalue weighted by molar-refractivity contribution is -0.155. The van der Waals surface area contributed by atoms with Crippen LogP contribution in [0.4, 0.5) is 4.39 Å². The SMILES string of the molecule is CC(C)C(=O)OCOC(=O)c1c(F)ccc2c1O[B-](O)(O)C[C@@H]2C. The van der Waals surface area contributed by atoms with E-state index in [1.807, 2.05) is 0 Å². The van der Waals surface area contributed by atoms with Crippen molar-refractivity contribution in [2.45, 2.75) is 33.0 Å². The fourth-order valence-corrected chi connectivity index (χ4v) is 2.48. The van der Waals surface area contributed by atoms with E-state index in [2.05, 4.69) is 0 Å². The van der Waals surface area contributed by atoms with Crippen LogP contribution in [0.25, 0.3) is 0 Å². The number of carbonyl (C=O) groups is 2. The van der Waals surface area contributed by atoms with Crippen LogP contribution in [0.2, 0.25) is 6.32 Å². The standard InChI is InChI=1S/C15H19BFO7/c1-8(2)14(18)22-7-23-15(19)12-11(17)5-4-10-9(3)6-16(20,21)24-13(10)12/h4-5,8-9,20-21H,6-7H2,1-3H3/q-1/t9-/m0/s1. The van der Waals surface area contributed by atoms with E-state index in [0.29, 0.717) is 5.56 Å². The van der Waals surface area contributed by atoms with Crippen LogP contribution >= 0.6 is 0 Å². The van der Waals surface area contributed by atoms with E-state index in [-0.39, 0.29) is 18.0 Å². The van der Waals surface area contributed by atoms with E-state index in [4.69, 9.17) is 14.1 Å². The average molecular weight is 341 g/mol.